The number of rotatable bonds is 4. The van der Waals surface area contributed by atoms with Gasteiger partial charge in [-0.2, -0.15) is 0 Å². The highest BCUT2D eigenvalue weighted by atomic mass is 16.5. The average Bonchev–Trinajstić information content (AvgIpc) is 3.11. The highest BCUT2D eigenvalue weighted by molar-refractivity contribution is 5.06. The molecule has 3 heteroatoms. The summed E-state index contributed by atoms with van der Waals surface area (Å²) < 4.78 is 5.40. The van der Waals surface area contributed by atoms with Crippen LogP contribution in [0.1, 0.15) is 47.5 Å². The molecule has 2 aliphatic rings. The van der Waals surface area contributed by atoms with E-state index in [4.69, 9.17) is 4.74 Å². The van der Waals surface area contributed by atoms with Gasteiger partial charge in [0, 0.05) is 37.8 Å². The highest BCUT2D eigenvalue weighted by Gasteiger charge is 2.48. The molecule has 3 nitrogen and oxygen atoms in total. The Morgan fingerprint density at radius 3 is 2.47 bits per heavy atom. The van der Waals surface area contributed by atoms with Crippen LogP contribution in [0.2, 0.25) is 0 Å². The summed E-state index contributed by atoms with van der Waals surface area (Å²) in [6.45, 7) is 14.9. The topological polar surface area (TPSA) is 24.5 Å². The van der Waals surface area contributed by atoms with Gasteiger partial charge in [0.1, 0.15) is 0 Å². The maximum absolute atomic E-state index is 5.40. The molecular weight excluding hydrogens is 236 g/mol. The lowest BCUT2D eigenvalue weighted by Gasteiger charge is -2.53. The quantitative estimate of drug-likeness (QED) is 0.848. The molecule has 19 heavy (non-hydrogen) atoms. The summed E-state index contributed by atoms with van der Waals surface area (Å²) in [5.74, 6) is 0.880. The SMILES string of the molecule is COCC(C)N1CC(C)(C2CC2)NCC1C(C)(C)C. The molecule has 1 saturated heterocycles. The molecule has 0 spiro atoms. The third-order valence-electron chi connectivity index (χ3n) is 5.06. The van der Waals surface area contributed by atoms with Gasteiger partial charge in [0.15, 0.2) is 0 Å². The lowest BCUT2D eigenvalue weighted by atomic mass is 9.80. The Morgan fingerprint density at radius 2 is 2.00 bits per heavy atom. The molecule has 0 aromatic rings. The first-order valence-electron chi connectivity index (χ1n) is 7.77. The summed E-state index contributed by atoms with van der Waals surface area (Å²) in [5, 5.41) is 3.86. The summed E-state index contributed by atoms with van der Waals surface area (Å²) in [7, 11) is 1.81. The maximum atomic E-state index is 5.40. The van der Waals surface area contributed by atoms with Crippen LogP contribution in [0, 0.1) is 11.3 Å². The van der Waals surface area contributed by atoms with Gasteiger partial charge in [-0.3, -0.25) is 4.90 Å². The summed E-state index contributed by atoms with van der Waals surface area (Å²) in [6, 6.07) is 1.08. The number of methoxy groups -OCH3 is 1. The molecule has 3 unspecified atom stereocenters. The summed E-state index contributed by atoms with van der Waals surface area (Å²) >= 11 is 0. The molecule has 1 aliphatic heterocycles. The van der Waals surface area contributed by atoms with Crippen molar-refractivity contribution >= 4 is 0 Å². The van der Waals surface area contributed by atoms with E-state index < -0.39 is 0 Å². The minimum Gasteiger partial charge on any atom is -0.383 e. The van der Waals surface area contributed by atoms with E-state index in [1.807, 2.05) is 7.11 Å². The van der Waals surface area contributed by atoms with E-state index in [2.05, 4.69) is 44.8 Å². The highest BCUT2D eigenvalue weighted by Crippen LogP contribution is 2.43. The summed E-state index contributed by atoms with van der Waals surface area (Å²) in [4.78, 5) is 2.69. The van der Waals surface area contributed by atoms with Crippen molar-refractivity contribution in [2.24, 2.45) is 11.3 Å². The van der Waals surface area contributed by atoms with Crippen molar-refractivity contribution < 1.29 is 4.74 Å². The van der Waals surface area contributed by atoms with Crippen molar-refractivity contribution in [3.05, 3.63) is 0 Å². The van der Waals surface area contributed by atoms with Crippen LogP contribution in [0.5, 0.6) is 0 Å². The predicted molar refractivity (Wildman–Crippen MR) is 80.4 cm³/mol. The predicted octanol–water partition coefficient (Wildman–Crippen LogP) is 2.51. The lowest BCUT2D eigenvalue weighted by molar-refractivity contribution is -0.0256. The van der Waals surface area contributed by atoms with Crippen molar-refractivity contribution in [2.45, 2.75) is 65.1 Å². The number of ether oxygens (including phenoxy) is 1. The van der Waals surface area contributed by atoms with Crippen LogP contribution in [0.25, 0.3) is 0 Å². The van der Waals surface area contributed by atoms with E-state index in [0.29, 0.717) is 23.0 Å². The number of nitrogens with one attached hydrogen (secondary N) is 1. The van der Waals surface area contributed by atoms with E-state index in [0.717, 1.165) is 25.6 Å². The summed E-state index contributed by atoms with van der Waals surface area (Å²) in [5.41, 5.74) is 0.615. The van der Waals surface area contributed by atoms with Crippen molar-refractivity contribution in [1.29, 1.82) is 0 Å². The molecule has 2 fully saturated rings. The first-order chi connectivity index (χ1) is 8.78. The first kappa shape index (κ1) is 15.3. The molecule has 1 saturated carbocycles. The number of piperazine rings is 1. The zero-order valence-electron chi connectivity index (χ0n) is 13.6. The zero-order chi connectivity index (χ0) is 14.3. The van der Waals surface area contributed by atoms with E-state index in [9.17, 15) is 0 Å². The normalized spacial score (nSPS) is 35.4. The fourth-order valence-corrected chi connectivity index (χ4v) is 3.59. The fourth-order valence-electron chi connectivity index (χ4n) is 3.59. The van der Waals surface area contributed by atoms with Crippen LogP contribution in [0.3, 0.4) is 0 Å². The molecule has 0 amide bonds. The van der Waals surface area contributed by atoms with Crippen molar-refractivity contribution in [1.82, 2.24) is 10.2 Å². The van der Waals surface area contributed by atoms with Gasteiger partial charge in [0.05, 0.1) is 6.61 Å². The minimum atomic E-state index is 0.305. The van der Waals surface area contributed by atoms with Gasteiger partial charge in [-0.15, -0.1) is 0 Å². The van der Waals surface area contributed by atoms with Gasteiger partial charge >= 0.3 is 0 Å². The molecule has 1 aliphatic carbocycles. The van der Waals surface area contributed by atoms with Crippen LogP contribution >= 0.6 is 0 Å². The van der Waals surface area contributed by atoms with Gasteiger partial charge in [0.2, 0.25) is 0 Å². The number of hydrogen-bond acceptors (Lipinski definition) is 3. The Hall–Kier alpha value is -0.120. The van der Waals surface area contributed by atoms with Crippen molar-refractivity contribution in [3.8, 4) is 0 Å². The van der Waals surface area contributed by atoms with E-state index in [1.54, 1.807) is 0 Å². The van der Waals surface area contributed by atoms with Gasteiger partial charge < -0.3 is 10.1 Å². The molecule has 1 heterocycles. The molecular formula is C16H32N2O. The smallest absolute Gasteiger partial charge is 0.0615 e. The average molecular weight is 268 g/mol. The van der Waals surface area contributed by atoms with Crippen LogP contribution in [-0.2, 0) is 4.74 Å². The molecule has 3 atom stereocenters. The maximum Gasteiger partial charge on any atom is 0.0615 e. The van der Waals surface area contributed by atoms with E-state index in [1.165, 1.54) is 12.8 Å². The molecule has 0 radical (unpaired) electrons. The monoisotopic (exact) mass is 268 g/mol. The molecule has 1 N–H and O–H groups in total. The van der Waals surface area contributed by atoms with Crippen molar-refractivity contribution in [3.63, 3.8) is 0 Å². The van der Waals surface area contributed by atoms with Crippen LogP contribution < -0.4 is 5.32 Å². The van der Waals surface area contributed by atoms with Crippen LogP contribution in [0.4, 0.5) is 0 Å². The molecule has 0 aromatic carbocycles. The third-order valence-corrected chi connectivity index (χ3v) is 5.06. The second-order valence-corrected chi connectivity index (χ2v) is 7.93. The minimum absolute atomic E-state index is 0.305. The third kappa shape index (κ3) is 3.32. The fraction of sp³-hybridized carbons (Fsp3) is 1.00. The van der Waals surface area contributed by atoms with Gasteiger partial charge in [-0.25, -0.2) is 0 Å². The Morgan fingerprint density at radius 1 is 1.37 bits per heavy atom. The Balaban J connectivity index is 2.13. The van der Waals surface area contributed by atoms with Crippen LogP contribution in [-0.4, -0.2) is 49.3 Å². The van der Waals surface area contributed by atoms with Crippen molar-refractivity contribution in [2.75, 3.05) is 26.8 Å². The van der Waals surface area contributed by atoms with E-state index >= 15 is 0 Å². The largest absolute Gasteiger partial charge is 0.383 e. The van der Waals surface area contributed by atoms with Crippen LogP contribution in [0.15, 0.2) is 0 Å². The molecule has 0 aromatic heterocycles. The van der Waals surface area contributed by atoms with Gasteiger partial charge in [-0.1, -0.05) is 20.8 Å². The van der Waals surface area contributed by atoms with E-state index in [-0.39, 0.29) is 0 Å². The first-order valence-corrected chi connectivity index (χ1v) is 7.77. The molecule has 2 rings (SSSR count). The number of hydrogen-bond donors (Lipinski definition) is 1. The lowest BCUT2D eigenvalue weighted by Crippen LogP contribution is -2.68. The summed E-state index contributed by atoms with van der Waals surface area (Å²) in [6.07, 6.45) is 2.80. The molecule has 112 valence electrons. The Labute approximate surface area is 119 Å². The number of nitrogens with zero attached hydrogens (tertiary/aromatic N) is 1. The molecule has 0 bridgehead atoms. The zero-order valence-corrected chi connectivity index (χ0v) is 13.6. The Kier molecular flexibility index (Phi) is 4.29. The second-order valence-electron chi connectivity index (χ2n) is 7.93. The Bertz CT molecular complexity index is 308. The van der Waals surface area contributed by atoms with Gasteiger partial charge in [0.25, 0.3) is 0 Å². The van der Waals surface area contributed by atoms with Gasteiger partial charge in [-0.05, 0) is 38.0 Å². The second kappa shape index (κ2) is 5.34. The standard InChI is InChI=1S/C16H32N2O/c1-12(10-19-6)18-11-16(5,13-7-8-13)17-9-14(18)15(2,3)4/h12-14,17H,7-11H2,1-6H3.